The molecule has 0 N–H and O–H groups in total. The molecule has 2 aliphatic heterocycles. The average molecular weight is 383 g/mol. The van der Waals surface area contributed by atoms with Gasteiger partial charge >= 0.3 is 6.03 Å². The van der Waals surface area contributed by atoms with E-state index in [-0.39, 0.29) is 11.0 Å². The Kier molecular flexibility index (Phi) is 5.01. The molecule has 0 aromatic rings. The first-order chi connectivity index (χ1) is 11.6. The minimum atomic E-state index is -0.561. The van der Waals surface area contributed by atoms with Crippen molar-refractivity contribution in [3.05, 3.63) is 9.81 Å². The summed E-state index contributed by atoms with van der Waals surface area (Å²) in [6.45, 7) is 6.90. The van der Waals surface area contributed by atoms with Gasteiger partial charge in [0.1, 0.15) is 5.57 Å². The molecule has 0 aromatic carbocycles. The van der Waals surface area contributed by atoms with Crippen molar-refractivity contribution < 1.29 is 14.4 Å². The summed E-state index contributed by atoms with van der Waals surface area (Å²) < 4.78 is 0.811. The van der Waals surface area contributed by atoms with E-state index in [1.54, 1.807) is 23.5 Å². The van der Waals surface area contributed by atoms with Crippen molar-refractivity contribution in [3.63, 3.8) is 0 Å². The zero-order valence-electron chi connectivity index (χ0n) is 15.5. The Morgan fingerprint density at radius 1 is 0.920 bits per heavy atom. The van der Waals surface area contributed by atoms with E-state index < -0.39 is 17.8 Å². The lowest BCUT2D eigenvalue weighted by atomic mass is 9.76. The second kappa shape index (κ2) is 6.65. The van der Waals surface area contributed by atoms with Crippen LogP contribution in [0.15, 0.2) is 9.81 Å². The fourth-order valence-electron chi connectivity index (χ4n) is 3.77. The lowest BCUT2D eigenvalue weighted by Crippen LogP contribution is -2.53. The van der Waals surface area contributed by atoms with Crippen LogP contribution in [0, 0.1) is 11.3 Å². The van der Waals surface area contributed by atoms with E-state index in [4.69, 9.17) is 0 Å². The number of barbiturate groups is 1. The minimum Gasteiger partial charge on any atom is -0.268 e. The average Bonchev–Trinajstić information content (AvgIpc) is 2.80. The highest BCUT2D eigenvalue weighted by atomic mass is 32.2. The van der Waals surface area contributed by atoms with Crippen LogP contribution in [0.4, 0.5) is 4.79 Å². The first kappa shape index (κ1) is 18.8. The first-order valence-corrected chi connectivity index (χ1v) is 10.5. The molecule has 0 bridgehead atoms. The van der Waals surface area contributed by atoms with Crippen molar-refractivity contribution in [2.24, 2.45) is 11.3 Å². The maximum Gasteiger partial charge on any atom is 0.333 e. The van der Waals surface area contributed by atoms with Gasteiger partial charge in [-0.15, -0.1) is 23.5 Å². The van der Waals surface area contributed by atoms with Crippen LogP contribution in [0.2, 0.25) is 0 Å². The molecule has 2 saturated heterocycles. The molecule has 0 spiro atoms. The summed E-state index contributed by atoms with van der Waals surface area (Å²) in [5.74, 6) is -0.275. The molecule has 3 unspecified atom stereocenters. The van der Waals surface area contributed by atoms with Crippen LogP contribution >= 0.6 is 23.5 Å². The third-order valence-corrected chi connectivity index (χ3v) is 8.81. The van der Waals surface area contributed by atoms with Crippen molar-refractivity contribution in [1.29, 1.82) is 0 Å². The van der Waals surface area contributed by atoms with Gasteiger partial charge in [-0.05, 0) is 30.6 Å². The standard InChI is InChI=1S/C18H26N2O3S2/c1-18(2,3)10-7-6-8-11-12(9-10)25-16(24-11)13-14(21)19(4)17(23)20(5)15(13)22/h10-12H,6-9H2,1-5H3. The number of hydrogen-bond acceptors (Lipinski definition) is 5. The molecule has 3 rings (SSSR count). The quantitative estimate of drug-likeness (QED) is 0.472. The molecule has 25 heavy (non-hydrogen) atoms. The number of thioether (sulfide) groups is 2. The second-order valence-electron chi connectivity index (χ2n) is 8.22. The van der Waals surface area contributed by atoms with E-state index in [1.807, 2.05) is 0 Å². The van der Waals surface area contributed by atoms with Gasteiger partial charge in [-0.2, -0.15) is 0 Å². The molecule has 138 valence electrons. The Labute approximate surface area is 157 Å². The highest BCUT2D eigenvalue weighted by Crippen LogP contribution is 2.55. The number of rotatable bonds is 0. The summed E-state index contributed by atoms with van der Waals surface area (Å²) in [4.78, 5) is 39.1. The largest absolute Gasteiger partial charge is 0.333 e. The number of likely N-dealkylation sites (N-methyl/N-ethyl adjacent to an activating group) is 2. The van der Waals surface area contributed by atoms with E-state index in [9.17, 15) is 14.4 Å². The van der Waals surface area contributed by atoms with Crippen molar-refractivity contribution in [3.8, 4) is 0 Å². The number of urea groups is 1. The predicted octanol–water partition coefficient (Wildman–Crippen LogP) is 3.70. The van der Waals surface area contributed by atoms with E-state index in [2.05, 4.69) is 20.8 Å². The molecule has 1 aliphatic carbocycles. The molecule has 7 heteroatoms. The maximum absolute atomic E-state index is 12.5. The van der Waals surface area contributed by atoms with Gasteiger partial charge in [0.15, 0.2) is 0 Å². The number of imide groups is 2. The normalized spacial score (nSPS) is 31.6. The van der Waals surface area contributed by atoms with E-state index in [1.165, 1.54) is 26.9 Å². The monoisotopic (exact) mass is 382 g/mol. The smallest absolute Gasteiger partial charge is 0.268 e. The fraction of sp³-hybridized carbons (Fsp3) is 0.722. The molecule has 3 fully saturated rings. The van der Waals surface area contributed by atoms with Crippen molar-refractivity contribution in [2.45, 2.75) is 57.0 Å². The maximum atomic E-state index is 12.5. The Morgan fingerprint density at radius 2 is 1.48 bits per heavy atom. The fourth-order valence-corrected chi connectivity index (χ4v) is 7.36. The van der Waals surface area contributed by atoms with Crippen LogP contribution in [-0.2, 0) is 9.59 Å². The van der Waals surface area contributed by atoms with Crippen LogP contribution in [0.5, 0.6) is 0 Å². The highest BCUT2D eigenvalue weighted by molar-refractivity contribution is 8.26. The number of hydrogen-bond donors (Lipinski definition) is 0. The lowest BCUT2D eigenvalue weighted by molar-refractivity contribution is -0.134. The third kappa shape index (κ3) is 3.37. The zero-order chi connectivity index (χ0) is 18.5. The van der Waals surface area contributed by atoms with Gasteiger partial charge in [-0.1, -0.05) is 27.2 Å². The molecular formula is C18H26N2O3S2. The zero-order valence-corrected chi connectivity index (χ0v) is 17.1. The van der Waals surface area contributed by atoms with E-state index in [0.29, 0.717) is 16.4 Å². The van der Waals surface area contributed by atoms with Gasteiger partial charge in [-0.3, -0.25) is 19.4 Å². The predicted molar refractivity (Wildman–Crippen MR) is 102 cm³/mol. The molecule has 3 aliphatic rings. The number of fused-ring (bicyclic) bond motifs is 1. The van der Waals surface area contributed by atoms with Gasteiger partial charge in [0.25, 0.3) is 11.8 Å². The SMILES string of the molecule is CN1C(=O)C(=C2SC3CCCC(C(C)(C)C)CC3S2)C(=O)N(C)C1=O. The Morgan fingerprint density at radius 3 is 2.04 bits per heavy atom. The van der Waals surface area contributed by atoms with E-state index >= 15 is 0 Å². The Balaban J connectivity index is 1.88. The number of amides is 4. The summed E-state index contributed by atoms with van der Waals surface area (Å²) in [5, 5.41) is 0.891. The van der Waals surface area contributed by atoms with Crippen LogP contribution in [0.3, 0.4) is 0 Å². The first-order valence-electron chi connectivity index (χ1n) is 8.79. The molecule has 0 aromatic heterocycles. The van der Waals surface area contributed by atoms with Gasteiger partial charge < -0.3 is 0 Å². The summed E-state index contributed by atoms with van der Waals surface area (Å²) in [6.07, 6.45) is 4.69. The number of carbonyl (C=O) groups excluding carboxylic acids is 3. The van der Waals surface area contributed by atoms with Crippen molar-refractivity contribution >= 4 is 41.4 Å². The summed E-state index contributed by atoms with van der Waals surface area (Å²) in [6, 6.07) is -0.561. The molecule has 5 nitrogen and oxygen atoms in total. The van der Waals surface area contributed by atoms with Gasteiger partial charge in [0.2, 0.25) is 0 Å². The van der Waals surface area contributed by atoms with Crippen molar-refractivity contribution in [2.75, 3.05) is 14.1 Å². The Bertz CT molecular complexity index is 627. The van der Waals surface area contributed by atoms with E-state index in [0.717, 1.165) is 26.9 Å². The molecular weight excluding hydrogens is 356 g/mol. The third-order valence-electron chi connectivity index (χ3n) is 5.53. The molecule has 2 heterocycles. The summed E-state index contributed by atoms with van der Waals surface area (Å²) >= 11 is 3.36. The highest BCUT2D eigenvalue weighted by Gasteiger charge is 2.45. The van der Waals surface area contributed by atoms with Gasteiger partial charge in [0, 0.05) is 24.6 Å². The lowest BCUT2D eigenvalue weighted by Gasteiger charge is -2.31. The molecule has 3 atom stereocenters. The minimum absolute atomic E-state index is 0.181. The van der Waals surface area contributed by atoms with Crippen LogP contribution in [0.25, 0.3) is 0 Å². The second-order valence-corrected chi connectivity index (χ2v) is 11.0. The topological polar surface area (TPSA) is 57.7 Å². The van der Waals surface area contributed by atoms with Gasteiger partial charge in [-0.25, -0.2) is 4.79 Å². The molecule has 1 saturated carbocycles. The molecule has 4 amide bonds. The summed E-state index contributed by atoms with van der Waals surface area (Å²) in [5.41, 5.74) is 0.458. The Hall–Kier alpha value is -0.950. The number of carbonyl (C=O) groups is 3. The summed E-state index contributed by atoms with van der Waals surface area (Å²) in [7, 11) is 2.87. The van der Waals surface area contributed by atoms with Crippen LogP contribution in [0.1, 0.15) is 46.5 Å². The van der Waals surface area contributed by atoms with Gasteiger partial charge in [0.05, 0.1) is 4.24 Å². The number of nitrogens with zero attached hydrogens (tertiary/aromatic N) is 2. The van der Waals surface area contributed by atoms with Crippen LogP contribution in [-0.4, -0.2) is 52.2 Å². The van der Waals surface area contributed by atoms with Crippen molar-refractivity contribution in [1.82, 2.24) is 9.80 Å². The van der Waals surface area contributed by atoms with Crippen LogP contribution < -0.4 is 0 Å². The molecule has 0 radical (unpaired) electrons.